The van der Waals surface area contributed by atoms with E-state index in [0.717, 1.165) is 0 Å². The Morgan fingerprint density at radius 1 is 1.10 bits per heavy atom. The summed E-state index contributed by atoms with van der Waals surface area (Å²) in [7, 11) is 3.79. The number of likely N-dealkylation sites (tertiary alicyclic amines) is 1. The summed E-state index contributed by atoms with van der Waals surface area (Å²) in [6.07, 6.45) is 0.0198. The molecule has 7 heteroatoms. The molecule has 1 fully saturated rings. The van der Waals surface area contributed by atoms with Crippen molar-refractivity contribution >= 4 is 29.1 Å². The maximum atomic E-state index is 13.0. The van der Waals surface area contributed by atoms with E-state index >= 15 is 0 Å². The minimum Gasteiger partial charge on any atom is -0.507 e. The van der Waals surface area contributed by atoms with E-state index in [0.29, 0.717) is 35.0 Å². The lowest BCUT2D eigenvalue weighted by Crippen LogP contribution is -2.35. The Kier molecular flexibility index (Phi) is 7.03. The zero-order chi connectivity index (χ0) is 22.7. The fourth-order valence-corrected chi connectivity index (χ4v) is 3.66. The van der Waals surface area contributed by atoms with E-state index in [1.165, 1.54) is 4.90 Å². The van der Waals surface area contributed by atoms with Crippen LogP contribution in [0.15, 0.2) is 54.1 Å². The first-order valence-corrected chi connectivity index (χ1v) is 10.5. The van der Waals surface area contributed by atoms with Crippen LogP contribution in [0.3, 0.4) is 0 Å². The average molecular weight is 443 g/mol. The lowest BCUT2D eigenvalue weighted by Gasteiger charge is -2.26. The van der Waals surface area contributed by atoms with Gasteiger partial charge in [0.25, 0.3) is 11.7 Å². The number of carbonyl (C=O) groups is 2. The van der Waals surface area contributed by atoms with Crippen LogP contribution in [0.4, 0.5) is 0 Å². The Hall–Kier alpha value is -2.83. The Bertz CT molecular complexity index is 982. The molecule has 1 N–H and O–H groups in total. The predicted molar refractivity (Wildman–Crippen MR) is 121 cm³/mol. The molecule has 0 saturated carbocycles. The zero-order valence-electron chi connectivity index (χ0n) is 18.1. The SMILES string of the molecule is CC(C)Oc1ccc(/C(O)=C2\C(=O)C(=O)N(CCN(C)C)[C@@H]2c2ccc(Cl)cc2)cc1. The standard InChI is InChI=1S/C24H27ClN2O4/c1-15(2)31-19-11-7-17(8-12-19)22(28)20-21(16-5-9-18(25)10-6-16)27(14-13-26(3)4)24(30)23(20)29/h5-12,15,21,28H,13-14H2,1-4H3/b22-20+/t21-/m1/s1. The fraction of sp³-hybridized carbons (Fsp3) is 0.333. The van der Waals surface area contributed by atoms with Gasteiger partial charge in [0.05, 0.1) is 17.7 Å². The van der Waals surface area contributed by atoms with E-state index < -0.39 is 17.7 Å². The van der Waals surface area contributed by atoms with Crippen molar-refractivity contribution in [1.82, 2.24) is 9.80 Å². The van der Waals surface area contributed by atoms with Gasteiger partial charge in [-0.05, 0) is 69.9 Å². The molecule has 1 saturated heterocycles. The molecule has 0 aromatic heterocycles. The van der Waals surface area contributed by atoms with Gasteiger partial charge in [-0.1, -0.05) is 23.7 Å². The molecule has 164 valence electrons. The zero-order valence-corrected chi connectivity index (χ0v) is 18.9. The van der Waals surface area contributed by atoms with Crippen molar-refractivity contribution in [3.05, 3.63) is 70.3 Å². The summed E-state index contributed by atoms with van der Waals surface area (Å²) < 4.78 is 5.64. The number of nitrogens with zero attached hydrogens (tertiary/aromatic N) is 2. The quantitative estimate of drug-likeness (QED) is 0.397. The smallest absolute Gasteiger partial charge is 0.295 e. The second-order valence-electron chi connectivity index (χ2n) is 8.04. The molecule has 0 radical (unpaired) electrons. The maximum absolute atomic E-state index is 13.0. The van der Waals surface area contributed by atoms with Crippen LogP contribution in [0.5, 0.6) is 5.75 Å². The van der Waals surface area contributed by atoms with E-state index in [9.17, 15) is 14.7 Å². The Labute approximate surface area is 187 Å². The highest BCUT2D eigenvalue weighted by Gasteiger charge is 2.45. The van der Waals surface area contributed by atoms with Gasteiger partial charge in [0, 0.05) is 23.7 Å². The topological polar surface area (TPSA) is 70.1 Å². The molecule has 6 nitrogen and oxygen atoms in total. The molecule has 1 amide bonds. The van der Waals surface area contributed by atoms with E-state index in [4.69, 9.17) is 16.3 Å². The second-order valence-corrected chi connectivity index (χ2v) is 8.47. The Morgan fingerprint density at radius 2 is 1.71 bits per heavy atom. The van der Waals surface area contributed by atoms with E-state index in [2.05, 4.69) is 0 Å². The highest BCUT2D eigenvalue weighted by molar-refractivity contribution is 6.46. The summed E-state index contributed by atoms with van der Waals surface area (Å²) in [6.45, 7) is 4.78. The molecule has 3 rings (SSSR count). The van der Waals surface area contributed by atoms with Gasteiger partial charge < -0.3 is 19.6 Å². The van der Waals surface area contributed by atoms with Gasteiger partial charge in [0.2, 0.25) is 0 Å². The summed E-state index contributed by atoms with van der Waals surface area (Å²) in [4.78, 5) is 29.3. The number of aliphatic hydroxyl groups excluding tert-OH is 1. The third-order valence-electron chi connectivity index (χ3n) is 5.01. The van der Waals surface area contributed by atoms with Crippen LogP contribution in [0, 0.1) is 0 Å². The molecule has 0 aliphatic carbocycles. The van der Waals surface area contributed by atoms with E-state index in [-0.39, 0.29) is 17.4 Å². The maximum Gasteiger partial charge on any atom is 0.295 e. The average Bonchev–Trinajstić information content (AvgIpc) is 2.97. The van der Waals surface area contributed by atoms with Crippen molar-refractivity contribution < 1.29 is 19.4 Å². The normalized spacial score (nSPS) is 18.3. The summed E-state index contributed by atoms with van der Waals surface area (Å²) in [5.41, 5.74) is 1.23. The van der Waals surface area contributed by atoms with Crippen LogP contribution < -0.4 is 4.74 Å². The minimum atomic E-state index is -0.696. The van der Waals surface area contributed by atoms with Crippen molar-refractivity contribution in [3.8, 4) is 5.75 Å². The van der Waals surface area contributed by atoms with Crippen LogP contribution in [0.2, 0.25) is 5.02 Å². The number of benzene rings is 2. The number of amides is 1. The Balaban J connectivity index is 2.06. The van der Waals surface area contributed by atoms with Gasteiger partial charge in [-0.3, -0.25) is 9.59 Å². The van der Waals surface area contributed by atoms with Crippen molar-refractivity contribution in [2.45, 2.75) is 26.0 Å². The summed E-state index contributed by atoms with van der Waals surface area (Å²) in [5.74, 6) is -0.865. The van der Waals surface area contributed by atoms with Gasteiger partial charge >= 0.3 is 0 Å². The van der Waals surface area contributed by atoms with Gasteiger partial charge in [-0.25, -0.2) is 0 Å². The number of Topliss-reactive ketones (excluding diaryl/α,β-unsaturated/α-hetero) is 1. The minimum absolute atomic E-state index is 0.0198. The van der Waals surface area contributed by atoms with Crippen LogP contribution in [0.1, 0.15) is 31.0 Å². The molecular formula is C24H27ClN2O4. The molecule has 1 aliphatic heterocycles. The molecule has 0 unspecified atom stereocenters. The van der Waals surface area contributed by atoms with E-state index in [1.807, 2.05) is 32.8 Å². The van der Waals surface area contributed by atoms with Gasteiger partial charge in [-0.15, -0.1) is 0 Å². The van der Waals surface area contributed by atoms with E-state index in [1.54, 1.807) is 48.5 Å². The molecule has 1 atom stereocenters. The number of ether oxygens (including phenoxy) is 1. The van der Waals surface area contributed by atoms with Crippen LogP contribution in [-0.4, -0.2) is 59.9 Å². The van der Waals surface area contributed by atoms with Crippen molar-refractivity contribution in [2.75, 3.05) is 27.2 Å². The molecule has 31 heavy (non-hydrogen) atoms. The first-order valence-electron chi connectivity index (χ1n) is 10.1. The number of halogens is 1. The van der Waals surface area contributed by atoms with Gasteiger partial charge in [0.1, 0.15) is 11.5 Å². The summed E-state index contributed by atoms with van der Waals surface area (Å²) in [5, 5.41) is 11.6. The molecule has 0 bridgehead atoms. The van der Waals surface area contributed by atoms with Crippen molar-refractivity contribution in [2.24, 2.45) is 0 Å². The van der Waals surface area contributed by atoms with Crippen LogP contribution >= 0.6 is 11.6 Å². The monoisotopic (exact) mass is 442 g/mol. The number of carbonyl (C=O) groups excluding carboxylic acids is 2. The summed E-state index contributed by atoms with van der Waals surface area (Å²) >= 11 is 6.03. The van der Waals surface area contributed by atoms with Crippen molar-refractivity contribution in [3.63, 3.8) is 0 Å². The van der Waals surface area contributed by atoms with Gasteiger partial charge in [-0.2, -0.15) is 0 Å². The first kappa shape index (κ1) is 22.8. The van der Waals surface area contributed by atoms with Crippen LogP contribution in [-0.2, 0) is 9.59 Å². The molecule has 1 heterocycles. The second kappa shape index (κ2) is 9.54. The largest absolute Gasteiger partial charge is 0.507 e. The molecule has 1 aliphatic rings. The third-order valence-corrected chi connectivity index (χ3v) is 5.27. The van der Waals surface area contributed by atoms with Crippen LogP contribution in [0.25, 0.3) is 5.76 Å². The number of ketones is 1. The molecule has 0 spiro atoms. The molecule has 2 aromatic carbocycles. The number of hydrogen-bond acceptors (Lipinski definition) is 5. The lowest BCUT2D eigenvalue weighted by molar-refractivity contribution is -0.140. The highest BCUT2D eigenvalue weighted by Crippen LogP contribution is 2.39. The first-order chi connectivity index (χ1) is 14.7. The van der Waals surface area contributed by atoms with Crippen molar-refractivity contribution in [1.29, 1.82) is 0 Å². The lowest BCUT2D eigenvalue weighted by atomic mass is 9.95. The predicted octanol–water partition coefficient (Wildman–Crippen LogP) is 4.11. The Morgan fingerprint density at radius 3 is 2.26 bits per heavy atom. The van der Waals surface area contributed by atoms with Gasteiger partial charge in [0.15, 0.2) is 0 Å². The third kappa shape index (κ3) is 5.09. The summed E-state index contributed by atoms with van der Waals surface area (Å²) in [6, 6.07) is 13.1. The highest BCUT2D eigenvalue weighted by atomic mass is 35.5. The number of aliphatic hydroxyl groups is 1. The number of rotatable bonds is 7. The fourth-order valence-electron chi connectivity index (χ4n) is 3.53. The molecule has 2 aromatic rings. The molecular weight excluding hydrogens is 416 g/mol. The number of hydrogen-bond donors (Lipinski definition) is 1. The number of likely N-dealkylation sites (N-methyl/N-ethyl adjacent to an activating group) is 1.